The van der Waals surface area contributed by atoms with Crippen LogP contribution in [-0.2, 0) is 20.7 Å². The normalized spacial score (nSPS) is 29.7. The second-order valence-corrected chi connectivity index (χ2v) is 8.85. The van der Waals surface area contributed by atoms with E-state index in [9.17, 15) is 18.0 Å². The van der Waals surface area contributed by atoms with Crippen LogP contribution in [0.15, 0.2) is 24.3 Å². The van der Waals surface area contributed by atoms with Crippen molar-refractivity contribution >= 4 is 46.0 Å². The van der Waals surface area contributed by atoms with Crippen LogP contribution in [0.1, 0.15) is 37.9 Å². The number of carbonyl (C=O) groups excluding carboxylic acids is 1. The highest BCUT2D eigenvalue weighted by molar-refractivity contribution is 6.38. The Morgan fingerprint density at radius 1 is 1.27 bits per heavy atom. The minimum Gasteiger partial charge on any atom is -0.299 e. The molecule has 1 aliphatic heterocycles. The molecule has 1 saturated carbocycles. The number of Topliss-reactive ketones (excluding diaryl/α,β-unsaturated/α-hetero) is 1. The number of ketones is 1. The van der Waals surface area contributed by atoms with Crippen molar-refractivity contribution in [1.82, 2.24) is 4.98 Å². The van der Waals surface area contributed by atoms with E-state index in [2.05, 4.69) is 4.98 Å². The molecule has 0 radical (unpaired) electrons. The number of pyridine rings is 1. The van der Waals surface area contributed by atoms with E-state index < -0.39 is 17.5 Å². The Morgan fingerprint density at radius 2 is 2.00 bits per heavy atom. The zero-order valence-corrected chi connectivity index (χ0v) is 17.6. The summed E-state index contributed by atoms with van der Waals surface area (Å²) in [6.45, 7) is 3.56. The number of alkyl halides is 3. The first-order valence-corrected chi connectivity index (χ1v) is 10.2. The number of benzene rings is 1. The summed E-state index contributed by atoms with van der Waals surface area (Å²) in [6, 6.07) is 3.80. The maximum atomic E-state index is 13.4. The summed E-state index contributed by atoms with van der Waals surface area (Å²) in [7, 11) is 0. The molecular weight excluding hydrogens is 442 g/mol. The van der Waals surface area contributed by atoms with E-state index in [0.717, 1.165) is 6.07 Å². The molecular formula is C21H18Cl2F3NO3. The number of aromatic nitrogens is 1. The average Bonchev–Trinajstić information content (AvgIpc) is 2.66. The number of hydrogen-bond acceptors (Lipinski definition) is 4. The second kappa shape index (κ2) is 7.48. The van der Waals surface area contributed by atoms with Crippen LogP contribution in [0.5, 0.6) is 0 Å². The molecule has 30 heavy (non-hydrogen) atoms. The molecule has 0 N–H and O–H groups in total. The smallest absolute Gasteiger partial charge is 0.299 e. The lowest BCUT2D eigenvalue weighted by molar-refractivity contribution is -0.415. The van der Waals surface area contributed by atoms with Gasteiger partial charge in [0.1, 0.15) is 23.2 Å². The molecule has 1 aromatic carbocycles. The topological polar surface area (TPSA) is 48.4 Å². The summed E-state index contributed by atoms with van der Waals surface area (Å²) in [5, 5.41) is 0.682. The molecule has 2 heterocycles. The van der Waals surface area contributed by atoms with Gasteiger partial charge in [-0.25, -0.2) is 14.8 Å². The van der Waals surface area contributed by atoms with Crippen molar-refractivity contribution in [2.45, 2.75) is 44.6 Å². The van der Waals surface area contributed by atoms with Gasteiger partial charge in [-0.3, -0.25) is 4.79 Å². The predicted octanol–water partition coefficient (Wildman–Crippen LogP) is 6.28. The summed E-state index contributed by atoms with van der Waals surface area (Å²) >= 11 is 12.2. The molecule has 1 aliphatic carbocycles. The lowest BCUT2D eigenvalue weighted by Crippen LogP contribution is -2.51. The van der Waals surface area contributed by atoms with E-state index in [1.54, 1.807) is 19.9 Å². The Labute approximate surface area is 180 Å². The first-order chi connectivity index (χ1) is 14.0. The lowest BCUT2D eigenvalue weighted by Gasteiger charge is -2.45. The second-order valence-electron chi connectivity index (χ2n) is 8.01. The number of hydrogen-bond donors (Lipinski definition) is 0. The molecule has 9 heteroatoms. The van der Waals surface area contributed by atoms with Crippen LogP contribution in [0, 0.1) is 11.8 Å². The van der Waals surface area contributed by atoms with Crippen LogP contribution in [0.3, 0.4) is 0 Å². The van der Waals surface area contributed by atoms with Gasteiger partial charge in [-0.2, -0.15) is 13.2 Å². The molecule has 2 fully saturated rings. The van der Waals surface area contributed by atoms with E-state index in [0.29, 0.717) is 18.2 Å². The SMILES string of the molecule is C[C@@H]1C(=O)C[C@H]2C[C@@H]1OO[C@@]2(C)/C=C/c1cc(C(F)(F)F)nc2c(Cl)cc(Cl)cc12. The van der Waals surface area contributed by atoms with E-state index in [1.807, 2.05) is 0 Å². The quantitative estimate of drug-likeness (QED) is 0.496. The maximum Gasteiger partial charge on any atom is 0.433 e. The molecule has 2 aromatic rings. The van der Waals surface area contributed by atoms with Crippen LogP contribution < -0.4 is 0 Å². The summed E-state index contributed by atoms with van der Waals surface area (Å²) in [4.78, 5) is 27.0. The molecule has 0 spiro atoms. The zero-order valence-electron chi connectivity index (χ0n) is 16.1. The van der Waals surface area contributed by atoms with Crippen LogP contribution in [0.4, 0.5) is 13.2 Å². The van der Waals surface area contributed by atoms with Gasteiger partial charge in [-0.1, -0.05) is 36.2 Å². The third-order valence-corrected chi connectivity index (χ3v) is 6.45. The van der Waals surface area contributed by atoms with Crippen molar-refractivity contribution in [3.8, 4) is 0 Å². The van der Waals surface area contributed by atoms with Gasteiger partial charge in [0.25, 0.3) is 0 Å². The fourth-order valence-corrected chi connectivity index (χ4v) is 4.51. The standard InChI is InChI=1S/C21H18Cl2F3NO3/c1-10-16(28)6-12-7-17(10)29-30-20(12,2)4-3-11-5-18(21(24,25)26)27-19-14(11)8-13(22)9-15(19)23/h3-5,8-10,12,17H,6-7H2,1-2H3/b4-3+/t10-,12+,17+,20+/m1/s1. The van der Waals surface area contributed by atoms with Gasteiger partial charge in [0.05, 0.1) is 10.5 Å². The number of halogens is 5. The van der Waals surface area contributed by atoms with Gasteiger partial charge in [0, 0.05) is 28.7 Å². The molecule has 1 saturated heterocycles. The van der Waals surface area contributed by atoms with Crippen molar-refractivity contribution < 1.29 is 27.7 Å². The molecule has 2 aliphatic rings. The highest BCUT2D eigenvalue weighted by atomic mass is 35.5. The van der Waals surface area contributed by atoms with Gasteiger partial charge in [-0.15, -0.1) is 0 Å². The number of nitrogens with zero attached hydrogens (tertiary/aromatic N) is 1. The van der Waals surface area contributed by atoms with Gasteiger partial charge < -0.3 is 0 Å². The Hall–Kier alpha value is -1.67. The van der Waals surface area contributed by atoms with E-state index in [1.165, 1.54) is 18.2 Å². The summed E-state index contributed by atoms with van der Waals surface area (Å²) in [5.74, 6) is -0.289. The molecule has 0 unspecified atom stereocenters. The first kappa shape index (κ1) is 21.6. The van der Waals surface area contributed by atoms with Crippen molar-refractivity contribution in [3.05, 3.63) is 45.6 Å². The summed E-state index contributed by atoms with van der Waals surface area (Å²) < 4.78 is 40.2. The Bertz CT molecular complexity index is 1060. The third kappa shape index (κ3) is 3.84. The van der Waals surface area contributed by atoms with Gasteiger partial charge in [0.2, 0.25) is 0 Å². The number of fused-ring (bicyclic) bond motifs is 3. The van der Waals surface area contributed by atoms with Crippen LogP contribution in [0.2, 0.25) is 10.0 Å². The number of carbonyl (C=O) groups is 1. The van der Waals surface area contributed by atoms with Crippen molar-refractivity contribution in [2.24, 2.45) is 11.8 Å². The number of rotatable bonds is 2. The van der Waals surface area contributed by atoms with Crippen molar-refractivity contribution in [3.63, 3.8) is 0 Å². The predicted molar refractivity (Wildman–Crippen MR) is 107 cm³/mol. The highest BCUT2D eigenvalue weighted by Gasteiger charge is 2.48. The maximum absolute atomic E-state index is 13.4. The van der Waals surface area contributed by atoms with E-state index in [4.69, 9.17) is 33.0 Å². The largest absolute Gasteiger partial charge is 0.433 e. The summed E-state index contributed by atoms with van der Waals surface area (Å²) in [5.41, 5.74) is -1.79. The molecule has 2 bridgehead atoms. The molecule has 4 nitrogen and oxygen atoms in total. The zero-order chi connectivity index (χ0) is 21.8. The first-order valence-electron chi connectivity index (χ1n) is 9.41. The minimum atomic E-state index is -4.65. The highest BCUT2D eigenvalue weighted by Crippen LogP contribution is 2.43. The fraction of sp³-hybridized carbons (Fsp3) is 0.429. The molecule has 4 rings (SSSR count). The van der Waals surface area contributed by atoms with Gasteiger partial charge in [-0.05, 0) is 43.2 Å². The molecule has 4 atom stereocenters. The van der Waals surface area contributed by atoms with Crippen molar-refractivity contribution in [2.75, 3.05) is 0 Å². The Morgan fingerprint density at radius 3 is 2.70 bits per heavy atom. The average molecular weight is 460 g/mol. The van der Waals surface area contributed by atoms with Crippen LogP contribution >= 0.6 is 23.2 Å². The molecule has 1 aromatic heterocycles. The molecule has 160 valence electrons. The third-order valence-electron chi connectivity index (χ3n) is 5.94. The lowest BCUT2D eigenvalue weighted by atomic mass is 9.71. The van der Waals surface area contributed by atoms with Crippen molar-refractivity contribution in [1.29, 1.82) is 0 Å². The van der Waals surface area contributed by atoms with Crippen LogP contribution in [-0.4, -0.2) is 22.5 Å². The Balaban J connectivity index is 1.78. The minimum absolute atomic E-state index is 0.00300. The van der Waals surface area contributed by atoms with Gasteiger partial charge in [0.15, 0.2) is 0 Å². The fourth-order valence-electron chi connectivity index (χ4n) is 3.98. The van der Waals surface area contributed by atoms with E-state index >= 15 is 0 Å². The van der Waals surface area contributed by atoms with E-state index in [-0.39, 0.29) is 44.8 Å². The van der Waals surface area contributed by atoms with Crippen LogP contribution in [0.25, 0.3) is 17.0 Å². The monoisotopic (exact) mass is 459 g/mol. The molecule has 0 amide bonds. The Kier molecular flexibility index (Phi) is 5.37. The summed E-state index contributed by atoms with van der Waals surface area (Å²) in [6.07, 6.45) is -0.860. The van der Waals surface area contributed by atoms with Gasteiger partial charge >= 0.3 is 6.18 Å².